The number of hydrogen-bond acceptors (Lipinski definition) is 4. The van der Waals surface area contributed by atoms with E-state index in [1.807, 2.05) is 0 Å². The van der Waals surface area contributed by atoms with Crippen LogP contribution in [0, 0.1) is 5.92 Å². The Bertz CT molecular complexity index is 461. The van der Waals surface area contributed by atoms with Gasteiger partial charge in [0.25, 0.3) is 5.91 Å². The van der Waals surface area contributed by atoms with Crippen LogP contribution in [0.5, 0.6) is 0 Å². The maximum atomic E-state index is 12.1. The molecule has 0 aromatic carbocycles. The number of carbonyl (C=O) groups is 3. The average molecular weight is 297 g/mol. The van der Waals surface area contributed by atoms with E-state index in [1.54, 1.807) is 25.7 Å². The number of carbonyl (C=O) groups excluding carboxylic acids is 3. The van der Waals surface area contributed by atoms with Crippen LogP contribution < -0.4 is 5.32 Å². The second-order valence-corrected chi connectivity index (χ2v) is 6.39. The van der Waals surface area contributed by atoms with Gasteiger partial charge in [0, 0.05) is 32.0 Å². The Labute approximate surface area is 124 Å². The van der Waals surface area contributed by atoms with Crippen molar-refractivity contribution in [2.75, 3.05) is 19.6 Å². The number of aliphatic hydroxyl groups excluding tert-OH is 1. The topological polar surface area (TPSA) is 89.9 Å². The van der Waals surface area contributed by atoms with Crippen LogP contribution in [-0.4, -0.2) is 64.0 Å². The molecule has 0 aliphatic carbocycles. The summed E-state index contributed by atoms with van der Waals surface area (Å²) in [6.07, 6.45) is 0.496. The molecular formula is C14H23N3O4. The molecule has 2 rings (SSSR count). The Morgan fingerprint density at radius 1 is 1.48 bits per heavy atom. The number of likely N-dealkylation sites (tertiary alicyclic amines) is 1. The zero-order valence-electron chi connectivity index (χ0n) is 12.8. The fourth-order valence-corrected chi connectivity index (χ4v) is 2.79. The molecule has 7 nitrogen and oxygen atoms in total. The predicted octanol–water partition coefficient (Wildman–Crippen LogP) is -0.0638. The molecule has 4 amide bonds. The standard InChI is InChI=1S/C14H23N3O4/c1-9(18)10-4-6-16(8-10)11(19)5-7-17-12(20)14(2,3)15-13(17)21/h9-10,18H,4-8H2,1-3H3,(H,15,21). The number of amides is 4. The van der Waals surface area contributed by atoms with Crippen LogP contribution in [0.3, 0.4) is 0 Å². The van der Waals surface area contributed by atoms with E-state index >= 15 is 0 Å². The Morgan fingerprint density at radius 3 is 2.62 bits per heavy atom. The van der Waals surface area contributed by atoms with Gasteiger partial charge >= 0.3 is 6.03 Å². The molecule has 0 spiro atoms. The summed E-state index contributed by atoms with van der Waals surface area (Å²) in [6.45, 7) is 6.28. The van der Waals surface area contributed by atoms with Crippen molar-refractivity contribution < 1.29 is 19.5 Å². The minimum absolute atomic E-state index is 0.0801. The van der Waals surface area contributed by atoms with Gasteiger partial charge in [-0.05, 0) is 27.2 Å². The summed E-state index contributed by atoms with van der Waals surface area (Å²) in [4.78, 5) is 38.6. The van der Waals surface area contributed by atoms with Gasteiger partial charge in [-0.15, -0.1) is 0 Å². The van der Waals surface area contributed by atoms with Gasteiger partial charge in [-0.25, -0.2) is 4.79 Å². The van der Waals surface area contributed by atoms with Crippen molar-refractivity contribution in [1.29, 1.82) is 0 Å². The zero-order chi connectivity index (χ0) is 15.8. The molecular weight excluding hydrogens is 274 g/mol. The van der Waals surface area contributed by atoms with Gasteiger partial charge in [0.2, 0.25) is 5.91 Å². The quantitative estimate of drug-likeness (QED) is 0.711. The highest BCUT2D eigenvalue weighted by Gasteiger charge is 2.44. The first kappa shape index (κ1) is 15.8. The molecule has 2 aliphatic heterocycles. The van der Waals surface area contributed by atoms with Crippen LogP contribution in [0.2, 0.25) is 0 Å². The highest BCUT2D eigenvalue weighted by molar-refractivity contribution is 6.06. The van der Waals surface area contributed by atoms with Crippen molar-refractivity contribution in [3.05, 3.63) is 0 Å². The molecule has 0 aromatic heterocycles. The molecule has 7 heteroatoms. The minimum atomic E-state index is -0.898. The lowest BCUT2D eigenvalue weighted by molar-refractivity contribution is -0.132. The summed E-state index contributed by atoms with van der Waals surface area (Å²) in [5.74, 6) is -0.267. The molecule has 0 bridgehead atoms. The molecule has 0 radical (unpaired) electrons. The van der Waals surface area contributed by atoms with Crippen molar-refractivity contribution >= 4 is 17.8 Å². The third-order valence-corrected chi connectivity index (χ3v) is 4.25. The smallest absolute Gasteiger partial charge is 0.325 e. The van der Waals surface area contributed by atoms with Crippen LogP contribution in [0.4, 0.5) is 4.79 Å². The number of nitrogens with zero attached hydrogens (tertiary/aromatic N) is 2. The van der Waals surface area contributed by atoms with Crippen molar-refractivity contribution in [2.24, 2.45) is 5.92 Å². The van der Waals surface area contributed by atoms with Gasteiger partial charge in [0.05, 0.1) is 6.10 Å². The summed E-state index contributed by atoms with van der Waals surface area (Å²) >= 11 is 0. The molecule has 2 fully saturated rings. The molecule has 0 aromatic rings. The fourth-order valence-electron chi connectivity index (χ4n) is 2.79. The first-order valence-electron chi connectivity index (χ1n) is 7.32. The normalized spacial score (nSPS) is 26.2. The summed E-state index contributed by atoms with van der Waals surface area (Å²) in [6, 6.07) is -0.443. The molecule has 21 heavy (non-hydrogen) atoms. The molecule has 2 atom stereocenters. The van der Waals surface area contributed by atoms with Gasteiger partial charge in [-0.1, -0.05) is 0 Å². The Kier molecular flexibility index (Phi) is 4.22. The first-order valence-corrected chi connectivity index (χ1v) is 7.32. The SMILES string of the molecule is CC(O)C1CCN(C(=O)CCN2C(=O)NC(C)(C)C2=O)C1. The second-order valence-electron chi connectivity index (χ2n) is 6.39. The van der Waals surface area contributed by atoms with Crippen LogP contribution in [-0.2, 0) is 9.59 Å². The second kappa shape index (κ2) is 5.63. The van der Waals surface area contributed by atoms with Crippen molar-refractivity contribution in [1.82, 2.24) is 15.1 Å². The molecule has 118 valence electrons. The van der Waals surface area contributed by atoms with Crippen molar-refractivity contribution in [3.63, 3.8) is 0 Å². The Morgan fingerprint density at radius 2 is 2.14 bits per heavy atom. The Hall–Kier alpha value is -1.63. The van der Waals surface area contributed by atoms with Gasteiger partial charge in [0.1, 0.15) is 5.54 Å². The lowest BCUT2D eigenvalue weighted by Gasteiger charge is -2.20. The van der Waals surface area contributed by atoms with Crippen LogP contribution in [0.25, 0.3) is 0 Å². The zero-order valence-corrected chi connectivity index (χ0v) is 12.8. The number of rotatable bonds is 4. The third kappa shape index (κ3) is 3.18. The van der Waals surface area contributed by atoms with Crippen molar-refractivity contribution in [3.8, 4) is 0 Å². The molecule has 0 saturated carbocycles. The van der Waals surface area contributed by atoms with Gasteiger partial charge in [-0.2, -0.15) is 0 Å². The van der Waals surface area contributed by atoms with E-state index in [9.17, 15) is 19.5 Å². The molecule has 2 N–H and O–H groups in total. The molecule has 2 aliphatic rings. The molecule has 2 saturated heterocycles. The van der Waals surface area contributed by atoms with Crippen molar-refractivity contribution in [2.45, 2.75) is 45.3 Å². The lowest BCUT2D eigenvalue weighted by Crippen LogP contribution is -2.41. The number of urea groups is 1. The lowest BCUT2D eigenvalue weighted by atomic mass is 10.0. The highest BCUT2D eigenvalue weighted by atomic mass is 16.3. The third-order valence-electron chi connectivity index (χ3n) is 4.25. The Balaban J connectivity index is 1.85. The highest BCUT2D eigenvalue weighted by Crippen LogP contribution is 2.21. The maximum Gasteiger partial charge on any atom is 0.325 e. The fraction of sp³-hybridized carbons (Fsp3) is 0.786. The van der Waals surface area contributed by atoms with E-state index in [1.165, 1.54) is 0 Å². The van der Waals surface area contributed by atoms with Crippen LogP contribution in [0.1, 0.15) is 33.6 Å². The molecule has 2 heterocycles. The number of hydrogen-bond donors (Lipinski definition) is 2. The van der Waals surface area contributed by atoms with E-state index in [4.69, 9.17) is 0 Å². The van der Waals surface area contributed by atoms with E-state index in [0.717, 1.165) is 11.3 Å². The first-order chi connectivity index (χ1) is 9.72. The van der Waals surface area contributed by atoms with E-state index < -0.39 is 17.7 Å². The van der Waals surface area contributed by atoms with Gasteiger partial charge in [-0.3, -0.25) is 14.5 Å². The summed E-state index contributed by atoms with van der Waals surface area (Å²) in [5, 5.41) is 12.1. The predicted molar refractivity (Wildman–Crippen MR) is 75.3 cm³/mol. The maximum absolute atomic E-state index is 12.1. The largest absolute Gasteiger partial charge is 0.393 e. The van der Waals surface area contributed by atoms with Crippen LogP contribution >= 0.6 is 0 Å². The summed E-state index contributed by atoms with van der Waals surface area (Å²) in [7, 11) is 0. The van der Waals surface area contributed by atoms with E-state index in [0.29, 0.717) is 13.1 Å². The summed E-state index contributed by atoms with van der Waals surface area (Å²) in [5.41, 5.74) is -0.898. The number of aliphatic hydroxyl groups is 1. The van der Waals surface area contributed by atoms with Crippen LogP contribution in [0.15, 0.2) is 0 Å². The summed E-state index contributed by atoms with van der Waals surface area (Å²) < 4.78 is 0. The van der Waals surface area contributed by atoms with Gasteiger partial charge in [0.15, 0.2) is 0 Å². The molecule has 2 unspecified atom stereocenters. The van der Waals surface area contributed by atoms with E-state index in [2.05, 4.69) is 5.32 Å². The number of imide groups is 1. The number of nitrogens with one attached hydrogen (secondary N) is 1. The van der Waals surface area contributed by atoms with E-state index in [-0.39, 0.29) is 30.7 Å². The van der Waals surface area contributed by atoms with Gasteiger partial charge < -0.3 is 15.3 Å². The average Bonchev–Trinajstić information content (AvgIpc) is 2.93. The minimum Gasteiger partial charge on any atom is -0.393 e. The monoisotopic (exact) mass is 297 g/mol.